The van der Waals surface area contributed by atoms with Gasteiger partial charge in [-0.05, 0) is 29.8 Å². The number of ether oxygens (including phenoxy) is 1. The molecule has 0 aliphatic carbocycles. The third-order valence-electron chi connectivity index (χ3n) is 3.83. The molecule has 1 fully saturated rings. The number of halogens is 1. The summed E-state index contributed by atoms with van der Waals surface area (Å²) in [6, 6.07) is 11.3. The third kappa shape index (κ3) is 3.72. The summed E-state index contributed by atoms with van der Waals surface area (Å²) in [5, 5.41) is 11.7. The number of urea groups is 1. The summed E-state index contributed by atoms with van der Waals surface area (Å²) in [5.41, 5.74) is 0.842. The highest BCUT2D eigenvalue weighted by Gasteiger charge is 2.28. The quantitative estimate of drug-likeness (QED) is 0.930. The molecule has 0 unspecified atom stereocenters. The molecule has 1 atom stereocenters. The number of amides is 2. The topological polar surface area (TPSA) is 65.4 Å². The second-order valence-electron chi connectivity index (χ2n) is 5.37. The predicted octanol–water partition coefficient (Wildman–Crippen LogP) is 3.04. The molecule has 1 aromatic heterocycles. The van der Waals surface area contributed by atoms with Gasteiger partial charge in [0.25, 0.3) is 0 Å². The Morgan fingerprint density at radius 3 is 2.88 bits per heavy atom. The molecule has 5 nitrogen and oxygen atoms in total. The maximum Gasteiger partial charge on any atom is 0.318 e. The minimum atomic E-state index is -0.308. The van der Waals surface area contributed by atoms with Crippen LogP contribution in [0.15, 0.2) is 36.4 Å². The van der Waals surface area contributed by atoms with E-state index < -0.39 is 0 Å². The molecular formula is C17H16FN3O2S. The van der Waals surface area contributed by atoms with E-state index in [1.807, 2.05) is 6.07 Å². The first-order valence-corrected chi connectivity index (χ1v) is 8.35. The van der Waals surface area contributed by atoms with E-state index in [0.29, 0.717) is 31.2 Å². The maximum absolute atomic E-state index is 13.1. The lowest BCUT2D eigenvalue weighted by Crippen LogP contribution is -2.47. The third-order valence-corrected chi connectivity index (χ3v) is 4.82. The molecule has 0 radical (unpaired) electrons. The zero-order chi connectivity index (χ0) is 16.9. The molecule has 24 heavy (non-hydrogen) atoms. The van der Waals surface area contributed by atoms with Gasteiger partial charge in [-0.15, -0.1) is 11.3 Å². The van der Waals surface area contributed by atoms with Crippen molar-refractivity contribution >= 4 is 17.4 Å². The Hall–Kier alpha value is -2.43. The van der Waals surface area contributed by atoms with Crippen LogP contribution in [0, 0.1) is 17.1 Å². The summed E-state index contributed by atoms with van der Waals surface area (Å²) < 4.78 is 18.6. The molecule has 1 N–H and O–H groups in total. The molecular weight excluding hydrogens is 329 g/mol. The Bertz CT molecular complexity index is 754. The van der Waals surface area contributed by atoms with Crippen molar-refractivity contribution < 1.29 is 13.9 Å². The lowest BCUT2D eigenvalue weighted by atomic mass is 10.1. The van der Waals surface area contributed by atoms with Crippen molar-refractivity contribution in [2.24, 2.45) is 0 Å². The minimum absolute atomic E-state index is 0.195. The number of thiophene rings is 1. The standard InChI is InChI=1S/C17H16FN3O2S/c18-13-3-1-12(2-4-13)16-11-23-8-7-21(16)17(22)20-10-15-6-5-14(9-19)24-15/h1-6,16H,7-8,10-11H2,(H,20,22)/t16-/m0/s1. The number of hydrogen-bond acceptors (Lipinski definition) is 4. The average molecular weight is 345 g/mol. The van der Waals surface area contributed by atoms with Crippen LogP contribution in [-0.4, -0.2) is 30.7 Å². The Morgan fingerprint density at radius 2 is 2.17 bits per heavy atom. The molecule has 3 rings (SSSR count). The molecule has 2 heterocycles. The Kier molecular flexibility index (Phi) is 5.08. The van der Waals surface area contributed by atoms with Crippen molar-refractivity contribution in [3.05, 3.63) is 57.5 Å². The predicted molar refractivity (Wildman–Crippen MR) is 87.9 cm³/mol. The van der Waals surface area contributed by atoms with Crippen LogP contribution >= 0.6 is 11.3 Å². The van der Waals surface area contributed by atoms with E-state index in [2.05, 4.69) is 11.4 Å². The number of benzene rings is 1. The van der Waals surface area contributed by atoms with Gasteiger partial charge in [0.2, 0.25) is 0 Å². The zero-order valence-corrected chi connectivity index (χ0v) is 13.7. The summed E-state index contributed by atoms with van der Waals surface area (Å²) in [5.74, 6) is -0.308. The van der Waals surface area contributed by atoms with Crippen molar-refractivity contribution in [1.82, 2.24) is 10.2 Å². The van der Waals surface area contributed by atoms with Gasteiger partial charge in [-0.3, -0.25) is 0 Å². The van der Waals surface area contributed by atoms with Gasteiger partial charge in [0, 0.05) is 11.4 Å². The van der Waals surface area contributed by atoms with E-state index in [1.54, 1.807) is 23.1 Å². The second-order valence-corrected chi connectivity index (χ2v) is 6.54. The number of carbonyl (C=O) groups is 1. The largest absolute Gasteiger partial charge is 0.377 e. The van der Waals surface area contributed by atoms with Crippen molar-refractivity contribution in [3.63, 3.8) is 0 Å². The number of morpholine rings is 1. The number of carbonyl (C=O) groups excluding carboxylic acids is 1. The van der Waals surface area contributed by atoms with Crippen LogP contribution in [0.4, 0.5) is 9.18 Å². The summed E-state index contributed by atoms with van der Waals surface area (Å²) in [6.45, 7) is 1.71. The fraction of sp³-hybridized carbons (Fsp3) is 0.294. The number of nitrogens with one attached hydrogen (secondary N) is 1. The van der Waals surface area contributed by atoms with Crippen molar-refractivity contribution in [2.45, 2.75) is 12.6 Å². The van der Waals surface area contributed by atoms with Crippen LogP contribution in [0.5, 0.6) is 0 Å². The first-order valence-electron chi connectivity index (χ1n) is 7.54. The Balaban J connectivity index is 1.67. The Labute approximate surface area is 143 Å². The molecule has 1 aliphatic heterocycles. The van der Waals surface area contributed by atoms with Gasteiger partial charge < -0.3 is 15.0 Å². The lowest BCUT2D eigenvalue weighted by molar-refractivity contribution is 0.0116. The van der Waals surface area contributed by atoms with E-state index in [9.17, 15) is 9.18 Å². The van der Waals surface area contributed by atoms with Gasteiger partial charge in [-0.25, -0.2) is 9.18 Å². The van der Waals surface area contributed by atoms with Crippen LogP contribution in [0.1, 0.15) is 21.4 Å². The first kappa shape index (κ1) is 16.4. The smallest absolute Gasteiger partial charge is 0.318 e. The molecule has 0 spiro atoms. The van der Waals surface area contributed by atoms with E-state index in [1.165, 1.54) is 23.5 Å². The molecule has 1 aliphatic rings. The summed E-state index contributed by atoms with van der Waals surface area (Å²) in [6.07, 6.45) is 0. The highest BCUT2D eigenvalue weighted by Crippen LogP contribution is 2.24. The fourth-order valence-electron chi connectivity index (χ4n) is 2.61. The number of nitrogens with zero attached hydrogens (tertiary/aromatic N) is 2. The first-order chi connectivity index (χ1) is 11.7. The SMILES string of the molecule is N#Cc1ccc(CNC(=O)N2CCOC[C@H]2c2ccc(F)cc2)s1. The van der Waals surface area contributed by atoms with Crippen LogP contribution in [0.3, 0.4) is 0 Å². The molecule has 0 bridgehead atoms. The number of nitriles is 1. The van der Waals surface area contributed by atoms with Gasteiger partial charge in [-0.2, -0.15) is 5.26 Å². The number of hydrogen-bond donors (Lipinski definition) is 1. The van der Waals surface area contributed by atoms with Crippen LogP contribution in [0.2, 0.25) is 0 Å². The van der Waals surface area contributed by atoms with Gasteiger partial charge in [-0.1, -0.05) is 12.1 Å². The molecule has 1 aromatic carbocycles. The highest BCUT2D eigenvalue weighted by molar-refractivity contribution is 7.12. The summed E-state index contributed by atoms with van der Waals surface area (Å²) in [4.78, 5) is 15.8. The van der Waals surface area contributed by atoms with E-state index >= 15 is 0 Å². The van der Waals surface area contributed by atoms with Gasteiger partial charge in [0.15, 0.2) is 0 Å². The van der Waals surface area contributed by atoms with Crippen LogP contribution in [0.25, 0.3) is 0 Å². The molecule has 2 aromatic rings. The van der Waals surface area contributed by atoms with Gasteiger partial charge >= 0.3 is 6.03 Å². The zero-order valence-electron chi connectivity index (χ0n) is 12.9. The van der Waals surface area contributed by atoms with Gasteiger partial charge in [0.1, 0.15) is 16.8 Å². The van der Waals surface area contributed by atoms with E-state index in [4.69, 9.17) is 10.00 Å². The number of rotatable bonds is 3. The van der Waals surface area contributed by atoms with Crippen molar-refractivity contribution in [2.75, 3.05) is 19.8 Å². The fourth-order valence-corrected chi connectivity index (χ4v) is 3.35. The van der Waals surface area contributed by atoms with Crippen molar-refractivity contribution in [1.29, 1.82) is 5.26 Å². The van der Waals surface area contributed by atoms with Crippen LogP contribution in [-0.2, 0) is 11.3 Å². The van der Waals surface area contributed by atoms with Gasteiger partial charge in [0.05, 0.1) is 25.8 Å². The Morgan fingerprint density at radius 1 is 1.38 bits per heavy atom. The molecule has 0 saturated carbocycles. The molecule has 7 heteroatoms. The summed E-state index contributed by atoms with van der Waals surface area (Å²) >= 11 is 1.36. The maximum atomic E-state index is 13.1. The molecule has 124 valence electrons. The minimum Gasteiger partial charge on any atom is -0.377 e. The summed E-state index contributed by atoms with van der Waals surface area (Å²) in [7, 11) is 0. The average Bonchev–Trinajstić information content (AvgIpc) is 3.08. The molecule has 1 saturated heterocycles. The normalized spacial score (nSPS) is 17.3. The second kappa shape index (κ2) is 7.43. The molecule has 2 amide bonds. The van der Waals surface area contributed by atoms with Crippen molar-refractivity contribution in [3.8, 4) is 6.07 Å². The lowest BCUT2D eigenvalue weighted by Gasteiger charge is -2.35. The van der Waals surface area contributed by atoms with E-state index in [-0.39, 0.29) is 17.9 Å². The highest BCUT2D eigenvalue weighted by atomic mass is 32.1. The van der Waals surface area contributed by atoms with E-state index in [0.717, 1.165) is 10.4 Å². The van der Waals surface area contributed by atoms with Crippen LogP contribution < -0.4 is 5.32 Å². The monoisotopic (exact) mass is 345 g/mol.